The standard InChI is InChI=1S/C7H13NO2S/c1-5-6(7(9)10-2)8-3-4-11-5/h5-6,8H,3-4H2,1-2H3/t5?,6-/m1/s1. The average molecular weight is 175 g/mol. The quantitative estimate of drug-likeness (QED) is 0.580. The molecule has 1 saturated heterocycles. The molecule has 0 bridgehead atoms. The fourth-order valence-electron chi connectivity index (χ4n) is 1.12. The fraction of sp³-hybridized carbons (Fsp3) is 0.857. The molecule has 1 N–H and O–H groups in total. The van der Waals surface area contributed by atoms with Crippen LogP contribution in [0.1, 0.15) is 6.92 Å². The number of carbonyl (C=O) groups excluding carboxylic acids is 1. The third kappa shape index (κ3) is 2.10. The molecule has 1 heterocycles. The number of hydrogen-bond donors (Lipinski definition) is 1. The normalized spacial score (nSPS) is 31.5. The van der Waals surface area contributed by atoms with Gasteiger partial charge in [0.2, 0.25) is 0 Å². The van der Waals surface area contributed by atoms with Gasteiger partial charge in [-0.1, -0.05) is 6.92 Å². The molecule has 0 amide bonds. The molecule has 3 nitrogen and oxygen atoms in total. The Hall–Kier alpha value is -0.220. The molecular formula is C7H13NO2S. The number of hydrogen-bond acceptors (Lipinski definition) is 4. The van der Waals surface area contributed by atoms with E-state index in [-0.39, 0.29) is 12.0 Å². The van der Waals surface area contributed by atoms with E-state index in [2.05, 4.69) is 10.1 Å². The molecule has 1 fully saturated rings. The van der Waals surface area contributed by atoms with Crippen molar-refractivity contribution in [1.82, 2.24) is 5.32 Å². The van der Waals surface area contributed by atoms with Crippen LogP contribution in [0.2, 0.25) is 0 Å². The van der Waals surface area contributed by atoms with E-state index in [1.165, 1.54) is 7.11 Å². The highest BCUT2D eigenvalue weighted by Crippen LogP contribution is 2.18. The van der Waals surface area contributed by atoms with Crippen molar-refractivity contribution in [2.75, 3.05) is 19.4 Å². The van der Waals surface area contributed by atoms with Gasteiger partial charge in [0.15, 0.2) is 0 Å². The topological polar surface area (TPSA) is 38.3 Å². The van der Waals surface area contributed by atoms with Gasteiger partial charge in [-0.05, 0) is 0 Å². The monoisotopic (exact) mass is 175 g/mol. The van der Waals surface area contributed by atoms with E-state index in [1.54, 1.807) is 11.8 Å². The highest BCUT2D eigenvalue weighted by atomic mass is 32.2. The summed E-state index contributed by atoms with van der Waals surface area (Å²) in [5.74, 6) is 0.930. The largest absolute Gasteiger partial charge is 0.468 e. The average Bonchev–Trinajstić information content (AvgIpc) is 2.04. The Balaban J connectivity index is 2.47. The number of ether oxygens (including phenoxy) is 1. The molecule has 0 radical (unpaired) electrons. The molecule has 0 saturated carbocycles. The lowest BCUT2D eigenvalue weighted by atomic mass is 10.2. The van der Waals surface area contributed by atoms with Crippen molar-refractivity contribution in [3.05, 3.63) is 0 Å². The Morgan fingerprint density at radius 3 is 3.00 bits per heavy atom. The van der Waals surface area contributed by atoms with E-state index in [1.807, 2.05) is 6.92 Å². The Bertz CT molecular complexity index is 151. The summed E-state index contributed by atoms with van der Waals surface area (Å²) in [7, 11) is 1.43. The van der Waals surface area contributed by atoms with Crippen LogP contribution in [0.15, 0.2) is 0 Å². The van der Waals surface area contributed by atoms with Crippen molar-refractivity contribution in [3.8, 4) is 0 Å². The van der Waals surface area contributed by atoms with E-state index in [9.17, 15) is 4.79 Å². The molecule has 0 aromatic heterocycles. The van der Waals surface area contributed by atoms with Gasteiger partial charge in [-0.3, -0.25) is 4.79 Å². The number of methoxy groups -OCH3 is 1. The number of nitrogens with one attached hydrogen (secondary N) is 1. The molecule has 0 aromatic rings. The van der Waals surface area contributed by atoms with Crippen LogP contribution in [0.25, 0.3) is 0 Å². The van der Waals surface area contributed by atoms with Crippen LogP contribution in [-0.4, -0.2) is 36.7 Å². The Morgan fingerprint density at radius 1 is 1.73 bits per heavy atom. The van der Waals surface area contributed by atoms with Gasteiger partial charge in [0.25, 0.3) is 0 Å². The number of carbonyl (C=O) groups is 1. The second-order valence-corrected chi connectivity index (χ2v) is 4.02. The molecule has 0 spiro atoms. The maximum Gasteiger partial charge on any atom is 0.324 e. The Kier molecular flexibility index (Phi) is 3.20. The fourth-order valence-corrected chi connectivity index (χ4v) is 2.13. The van der Waals surface area contributed by atoms with Crippen molar-refractivity contribution in [2.24, 2.45) is 0 Å². The number of rotatable bonds is 1. The molecule has 1 aliphatic rings. The van der Waals surface area contributed by atoms with Gasteiger partial charge >= 0.3 is 5.97 Å². The minimum Gasteiger partial charge on any atom is -0.468 e. The maximum atomic E-state index is 11.1. The van der Waals surface area contributed by atoms with Crippen LogP contribution in [-0.2, 0) is 9.53 Å². The van der Waals surface area contributed by atoms with Gasteiger partial charge in [0.05, 0.1) is 7.11 Å². The second kappa shape index (κ2) is 3.97. The van der Waals surface area contributed by atoms with Gasteiger partial charge in [0.1, 0.15) is 6.04 Å². The lowest BCUT2D eigenvalue weighted by Gasteiger charge is -2.27. The van der Waals surface area contributed by atoms with Crippen LogP contribution >= 0.6 is 11.8 Å². The Labute approximate surface area is 70.9 Å². The van der Waals surface area contributed by atoms with Crippen LogP contribution in [0.3, 0.4) is 0 Å². The van der Waals surface area contributed by atoms with Crippen LogP contribution in [0, 0.1) is 0 Å². The van der Waals surface area contributed by atoms with E-state index in [4.69, 9.17) is 0 Å². The van der Waals surface area contributed by atoms with Crippen molar-refractivity contribution in [3.63, 3.8) is 0 Å². The molecule has 1 unspecified atom stereocenters. The molecule has 64 valence electrons. The van der Waals surface area contributed by atoms with E-state index in [0.29, 0.717) is 5.25 Å². The van der Waals surface area contributed by atoms with Crippen LogP contribution < -0.4 is 5.32 Å². The summed E-state index contributed by atoms with van der Waals surface area (Å²) in [6.07, 6.45) is 0. The molecule has 0 aromatic carbocycles. The zero-order valence-corrected chi connectivity index (χ0v) is 7.61. The van der Waals surface area contributed by atoms with Gasteiger partial charge in [0, 0.05) is 17.5 Å². The first-order chi connectivity index (χ1) is 5.25. The smallest absolute Gasteiger partial charge is 0.324 e. The predicted octanol–water partition coefficient (Wildman–Crippen LogP) is 0.253. The highest BCUT2D eigenvalue weighted by molar-refractivity contribution is 8.00. The summed E-state index contributed by atoms with van der Waals surface area (Å²) in [5.41, 5.74) is 0. The van der Waals surface area contributed by atoms with Gasteiger partial charge in [-0.15, -0.1) is 0 Å². The van der Waals surface area contributed by atoms with Crippen molar-refractivity contribution >= 4 is 17.7 Å². The summed E-state index contributed by atoms with van der Waals surface area (Å²) < 4.78 is 4.65. The lowest BCUT2D eigenvalue weighted by molar-refractivity contribution is -0.143. The lowest BCUT2D eigenvalue weighted by Crippen LogP contribution is -2.48. The first-order valence-corrected chi connectivity index (χ1v) is 4.73. The summed E-state index contributed by atoms with van der Waals surface area (Å²) in [4.78, 5) is 11.1. The zero-order valence-electron chi connectivity index (χ0n) is 6.79. The highest BCUT2D eigenvalue weighted by Gasteiger charge is 2.28. The summed E-state index contributed by atoms with van der Waals surface area (Å²) in [5, 5.41) is 3.45. The zero-order chi connectivity index (χ0) is 8.27. The van der Waals surface area contributed by atoms with Crippen LogP contribution in [0.4, 0.5) is 0 Å². The third-order valence-corrected chi connectivity index (χ3v) is 3.01. The SMILES string of the molecule is COC(=O)[C@@H]1NCCSC1C. The van der Waals surface area contributed by atoms with E-state index >= 15 is 0 Å². The molecule has 1 aliphatic heterocycles. The third-order valence-electron chi connectivity index (χ3n) is 1.77. The molecule has 0 aliphatic carbocycles. The maximum absolute atomic E-state index is 11.1. The number of thioether (sulfide) groups is 1. The molecule has 2 atom stereocenters. The van der Waals surface area contributed by atoms with Gasteiger partial charge < -0.3 is 10.1 Å². The van der Waals surface area contributed by atoms with E-state index in [0.717, 1.165) is 12.3 Å². The predicted molar refractivity (Wildman–Crippen MR) is 45.7 cm³/mol. The van der Waals surface area contributed by atoms with Crippen LogP contribution in [0.5, 0.6) is 0 Å². The Morgan fingerprint density at radius 2 is 2.45 bits per heavy atom. The molecule has 4 heteroatoms. The second-order valence-electron chi connectivity index (χ2n) is 2.53. The van der Waals surface area contributed by atoms with Gasteiger partial charge in [-0.25, -0.2) is 0 Å². The summed E-state index contributed by atoms with van der Waals surface area (Å²) in [6.45, 7) is 2.94. The number of esters is 1. The summed E-state index contributed by atoms with van der Waals surface area (Å²) in [6, 6.07) is -0.112. The minimum atomic E-state index is -0.148. The first kappa shape index (κ1) is 8.87. The van der Waals surface area contributed by atoms with Gasteiger partial charge in [-0.2, -0.15) is 11.8 Å². The van der Waals surface area contributed by atoms with Crippen molar-refractivity contribution in [1.29, 1.82) is 0 Å². The van der Waals surface area contributed by atoms with Crippen molar-refractivity contribution < 1.29 is 9.53 Å². The van der Waals surface area contributed by atoms with Crippen molar-refractivity contribution in [2.45, 2.75) is 18.2 Å². The molecule has 11 heavy (non-hydrogen) atoms. The minimum absolute atomic E-state index is 0.112. The molecular weight excluding hydrogens is 162 g/mol. The molecule has 1 rings (SSSR count). The first-order valence-electron chi connectivity index (χ1n) is 3.68. The van der Waals surface area contributed by atoms with E-state index < -0.39 is 0 Å². The summed E-state index contributed by atoms with van der Waals surface area (Å²) >= 11 is 1.81.